The largest absolute Gasteiger partial charge is 0.356 e. The van der Waals surface area contributed by atoms with E-state index in [-0.39, 0.29) is 24.0 Å². The van der Waals surface area contributed by atoms with E-state index in [0.717, 1.165) is 29.8 Å². The molecule has 0 amide bonds. The first kappa shape index (κ1) is 20.2. The summed E-state index contributed by atoms with van der Waals surface area (Å²) in [6, 6.07) is 6.09. The molecule has 0 aromatic carbocycles. The van der Waals surface area contributed by atoms with Crippen LogP contribution < -0.4 is 10.6 Å². The number of nitrogens with zero attached hydrogens (tertiary/aromatic N) is 2. The molecule has 1 aliphatic rings. The van der Waals surface area contributed by atoms with E-state index < -0.39 is 0 Å². The van der Waals surface area contributed by atoms with Crippen molar-refractivity contribution in [2.24, 2.45) is 10.9 Å². The molecule has 1 fully saturated rings. The van der Waals surface area contributed by atoms with E-state index >= 15 is 0 Å². The Labute approximate surface area is 158 Å². The second-order valence-electron chi connectivity index (χ2n) is 6.27. The first-order valence-electron chi connectivity index (χ1n) is 8.65. The molecule has 1 aliphatic carbocycles. The molecule has 2 rings (SSSR count). The Morgan fingerprint density at radius 3 is 2.70 bits per heavy atom. The van der Waals surface area contributed by atoms with E-state index in [2.05, 4.69) is 20.6 Å². The number of aliphatic imine (C=N–C) groups is 1. The van der Waals surface area contributed by atoms with Gasteiger partial charge in [0.1, 0.15) is 0 Å². The van der Waals surface area contributed by atoms with Crippen LogP contribution in [0, 0.1) is 12.8 Å². The number of guanidine groups is 1. The lowest BCUT2D eigenvalue weighted by molar-refractivity contribution is 0.472. The Morgan fingerprint density at radius 2 is 2.00 bits per heavy atom. The molecule has 2 N–H and O–H groups in total. The molecule has 1 heterocycles. The average molecular weight is 430 g/mol. The van der Waals surface area contributed by atoms with Gasteiger partial charge in [0.05, 0.1) is 12.2 Å². The topological polar surface area (TPSA) is 49.3 Å². The maximum atomic E-state index is 4.49. The first-order valence-corrected chi connectivity index (χ1v) is 8.65. The minimum absolute atomic E-state index is 0. The van der Waals surface area contributed by atoms with Crippen molar-refractivity contribution in [1.82, 2.24) is 15.6 Å². The number of pyridine rings is 1. The number of aryl methyl sites for hydroxylation is 1. The van der Waals surface area contributed by atoms with E-state index in [4.69, 9.17) is 0 Å². The molecule has 0 bridgehead atoms. The highest BCUT2D eigenvalue weighted by atomic mass is 127. The van der Waals surface area contributed by atoms with Crippen molar-refractivity contribution in [3.8, 4) is 0 Å². The maximum absolute atomic E-state index is 4.49. The van der Waals surface area contributed by atoms with Crippen molar-refractivity contribution in [3.63, 3.8) is 0 Å². The number of hydrogen-bond acceptors (Lipinski definition) is 2. The average Bonchev–Trinajstić information content (AvgIpc) is 3.03. The molecule has 23 heavy (non-hydrogen) atoms. The summed E-state index contributed by atoms with van der Waals surface area (Å²) in [4.78, 5) is 8.76. The minimum atomic E-state index is 0. The zero-order chi connectivity index (χ0) is 15.6. The Morgan fingerprint density at radius 1 is 1.22 bits per heavy atom. The monoisotopic (exact) mass is 430 g/mol. The van der Waals surface area contributed by atoms with Gasteiger partial charge in [0, 0.05) is 19.3 Å². The van der Waals surface area contributed by atoms with E-state index in [0.29, 0.717) is 6.54 Å². The van der Waals surface area contributed by atoms with Gasteiger partial charge in [-0.2, -0.15) is 0 Å². The lowest BCUT2D eigenvalue weighted by Gasteiger charge is -2.12. The van der Waals surface area contributed by atoms with Crippen LogP contribution in [-0.2, 0) is 6.54 Å². The summed E-state index contributed by atoms with van der Waals surface area (Å²) in [7, 11) is 1.82. The number of hydrogen-bond donors (Lipinski definition) is 2. The quantitative estimate of drug-likeness (QED) is 0.297. The van der Waals surface area contributed by atoms with Gasteiger partial charge in [0.2, 0.25) is 0 Å². The van der Waals surface area contributed by atoms with Crippen LogP contribution in [0.5, 0.6) is 0 Å². The van der Waals surface area contributed by atoms with Crippen LogP contribution >= 0.6 is 24.0 Å². The summed E-state index contributed by atoms with van der Waals surface area (Å²) in [5.74, 6) is 1.87. The van der Waals surface area contributed by atoms with Crippen molar-refractivity contribution >= 4 is 29.9 Å². The fourth-order valence-corrected chi connectivity index (χ4v) is 3.16. The Balaban J connectivity index is 0.00000264. The highest BCUT2D eigenvalue weighted by Crippen LogP contribution is 2.28. The Kier molecular flexibility index (Phi) is 10.2. The number of unbranched alkanes of at least 4 members (excludes halogenated alkanes) is 1. The van der Waals surface area contributed by atoms with E-state index in [1.54, 1.807) is 0 Å². The van der Waals surface area contributed by atoms with E-state index in [1.807, 2.05) is 32.2 Å². The smallest absolute Gasteiger partial charge is 0.191 e. The van der Waals surface area contributed by atoms with Crippen molar-refractivity contribution < 1.29 is 0 Å². The van der Waals surface area contributed by atoms with Gasteiger partial charge < -0.3 is 10.6 Å². The lowest BCUT2D eigenvalue weighted by atomic mass is 10.0. The Hall–Kier alpha value is -0.850. The van der Waals surface area contributed by atoms with E-state index in [1.165, 1.54) is 44.9 Å². The van der Waals surface area contributed by atoms with Crippen LogP contribution in [0.4, 0.5) is 0 Å². The molecule has 1 aromatic heterocycles. The molecular weight excluding hydrogens is 399 g/mol. The summed E-state index contributed by atoms with van der Waals surface area (Å²) in [6.07, 6.45) is 9.77. The van der Waals surface area contributed by atoms with Crippen LogP contribution in [-0.4, -0.2) is 24.5 Å². The van der Waals surface area contributed by atoms with Crippen molar-refractivity contribution in [2.45, 2.75) is 58.4 Å². The predicted molar refractivity (Wildman–Crippen MR) is 108 cm³/mol. The van der Waals surface area contributed by atoms with Gasteiger partial charge in [0.25, 0.3) is 0 Å². The molecule has 0 saturated heterocycles. The fraction of sp³-hybridized carbons (Fsp3) is 0.667. The number of aromatic nitrogens is 1. The van der Waals surface area contributed by atoms with Gasteiger partial charge in [0.15, 0.2) is 5.96 Å². The molecule has 0 radical (unpaired) electrons. The molecule has 130 valence electrons. The van der Waals surface area contributed by atoms with Crippen LogP contribution in [0.15, 0.2) is 23.2 Å². The van der Waals surface area contributed by atoms with Gasteiger partial charge in [-0.05, 0) is 31.4 Å². The summed E-state index contributed by atoms with van der Waals surface area (Å²) in [5.41, 5.74) is 2.10. The van der Waals surface area contributed by atoms with Gasteiger partial charge in [-0.15, -0.1) is 24.0 Å². The van der Waals surface area contributed by atoms with Crippen LogP contribution in [0.1, 0.15) is 56.3 Å². The van der Waals surface area contributed by atoms with Crippen LogP contribution in [0.25, 0.3) is 0 Å². The molecule has 1 aromatic rings. The third-order valence-electron chi connectivity index (χ3n) is 4.41. The summed E-state index contributed by atoms with van der Waals surface area (Å²) < 4.78 is 0. The van der Waals surface area contributed by atoms with Gasteiger partial charge in [-0.3, -0.25) is 9.98 Å². The third-order valence-corrected chi connectivity index (χ3v) is 4.41. The zero-order valence-electron chi connectivity index (χ0n) is 14.5. The molecule has 0 spiro atoms. The Bertz CT molecular complexity index is 470. The van der Waals surface area contributed by atoms with Gasteiger partial charge in [-0.25, -0.2) is 0 Å². The van der Waals surface area contributed by atoms with Crippen LogP contribution in [0.3, 0.4) is 0 Å². The summed E-state index contributed by atoms with van der Waals surface area (Å²) >= 11 is 0. The van der Waals surface area contributed by atoms with Crippen molar-refractivity contribution in [1.29, 1.82) is 0 Å². The number of rotatable bonds is 7. The SMILES string of the molecule is CN=C(NCCCCC1CCCC1)NCc1cccc(C)n1.I. The predicted octanol–water partition coefficient (Wildman–Crippen LogP) is 4.03. The normalized spacial score (nSPS) is 15.3. The summed E-state index contributed by atoms with van der Waals surface area (Å²) in [6.45, 7) is 3.72. The van der Waals surface area contributed by atoms with E-state index in [9.17, 15) is 0 Å². The zero-order valence-corrected chi connectivity index (χ0v) is 16.8. The molecule has 5 heteroatoms. The van der Waals surface area contributed by atoms with Crippen molar-refractivity contribution in [3.05, 3.63) is 29.6 Å². The van der Waals surface area contributed by atoms with Gasteiger partial charge in [-0.1, -0.05) is 44.6 Å². The minimum Gasteiger partial charge on any atom is -0.356 e. The lowest BCUT2D eigenvalue weighted by Crippen LogP contribution is -2.37. The fourth-order valence-electron chi connectivity index (χ4n) is 3.16. The first-order chi connectivity index (χ1) is 10.8. The summed E-state index contributed by atoms with van der Waals surface area (Å²) in [5, 5.41) is 6.71. The maximum Gasteiger partial charge on any atom is 0.191 e. The number of nitrogens with one attached hydrogen (secondary N) is 2. The second kappa shape index (κ2) is 11.6. The highest BCUT2D eigenvalue weighted by molar-refractivity contribution is 14.0. The molecule has 0 aliphatic heterocycles. The van der Waals surface area contributed by atoms with Gasteiger partial charge >= 0.3 is 0 Å². The van der Waals surface area contributed by atoms with Crippen molar-refractivity contribution in [2.75, 3.05) is 13.6 Å². The second-order valence-corrected chi connectivity index (χ2v) is 6.27. The third kappa shape index (κ3) is 7.99. The molecular formula is C18H31IN4. The molecule has 4 nitrogen and oxygen atoms in total. The van der Waals surface area contributed by atoms with Crippen LogP contribution in [0.2, 0.25) is 0 Å². The number of halogens is 1. The molecule has 0 atom stereocenters. The molecule has 1 saturated carbocycles. The molecule has 0 unspecified atom stereocenters. The highest BCUT2D eigenvalue weighted by Gasteiger charge is 2.13. The standard InChI is InChI=1S/C18H30N4.HI/c1-15-8-7-12-17(22-15)14-21-18(19-2)20-13-6-5-11-16-9-3-4-10-16;/h7-8,12,16H,3-6,9-11,13-14H2,1-2H3,(H2,19,20,21);1H.